The summed E-state index contributed by atoms with van der Waals surface area (Å²) < 4.78 is 10.6. The molecule has 0 aliphatic heterocycles. The normalized spacial score (nSPS) is 10.1. The number of halogens is 1. The maximum absolute atomic E-state index is 6.10. The number of hydrogen-bond acceptors (Lipinski definition) is 3. The third-order valence-electron chi connectivity index (χ3n) is 3.57. The van der Waals surface area contributed by atoms with Crippen LogP contribution in [-0.4, -0.2) is 19.3 Å². The lowest BCUT2D eigenvalue weighted by Crippen LogP contribution is -2.20. The van der Waals surface area contributed by atoms with Crippen LogP contribution in [0.1, 0.15) is 11.1 Å². The van der Waals surface area contributed by atoms with Gasteiger partial charge in [0.05, 0.1) is 24.9 Å². The molecular formula is C17H19ClN2O2S. The van der Waals surface area contributed by atoms with Gasteiger partial charge in [-0.3, -0.25) is 0 Å². The quantitative estimate of drug-likeness (QED) is 0.776. The van der Waals surface area contributed by atoms with Gasteiger partial charge in [0.1, 0.15) is 11.5 Å². The summed E-state index contributed by atoms with van der Waals surface area (Å²) in [6, 6.07) is 9.46. The molecule has 0 fully saturated rings. The number of methoxy groups -OCH3 is 2. The van der Waals surface area contributed by atoms with E-state index in [1.165, 1.54) is 5.56 Å². The zero-order valence-corrected chi connectivity index (χ0v) is 15.1. The summed E-state index contributed by atoms with van der Waals surface area (Å²) >= 11 is 11.5. The molecule has 0 amide bonds. The smallest absolute Gasteiger partial charge is 0.175 e. The lowest BCUT2D eigenvalue weighted by molar-refractivity contribution is 0.405. The van der Waals surface area contributed by atoms with Crippen LogP contribution in [0.5, 0.6) is 11.5 Å². The highest BCUT2D eigenvalue weighted by molar-refractivity contribution is 7.80. The van der Waals surface area contributed by atoms with Crippen LogP contribution in [0.25, 0.3) is 0 Å². The molecule has 0 atom stereocenters. The van der Waals surface area contributed by atoms with Crippen LogP contribution in [0.4, 0.5) is 11.4 Å². The largest absolute Gasteiger partial charge is 0.495 e. The van der Waals surface area contributed by atoms with E-state index < -0.39 is 0 Å². The summed E-state index contributed by atoms with van der Waals surface area (Å²) in [5.41, 5.74) is 3.99. The van der Waals surface area contributed by atoms with Crippen molar-refractivity contribution in [2.24, 2.45) is 0 Å². The van der Waals surface area contributed by atoms with Gasteiger partial charge in [-0.2, -0.15) is 0 Å². The molecule has 0 heterocycles. The Kier molecular flexibility index (Phi) is 5.69. The number of rotatable bonds is 4. The maximum Gasteiger partial charge on any atom is 0.175 e. The minimum Gasteiger partial charge on any atom is -0.495 e. The fraction of sp³-hybridized carbons (Fsp3) is 0.235. The Morgan fingerprint density at radius 1 is 1.00 bits per heavy atom. The second kappa shape index (κ2) is 7.53. The Hall–Kier alpha value is -1.98. The molecule has 0 unspecified atom stereocenters. The van der Waals surface area contributed by atoms with Crippen molar-refractivity contribution in [3.8, 4) is 11.5 Å². The number of anilines is 2. The van der Waals surface area contributed by atoms with E-state index in [1.807, 2.05) is 19.1 Å². The van der Waals surface area contributed by atoms with Crippen LogP contribution in [-0.2, 0) is 0 Å². The standard InChI is InChI=1S/C17H19ClN2O2S/c1-10-6-5-7-13(11(10)2)19-17(23)20-14-9-15(21-3)12(18)8-16(14)22-4/h5-9H,1-4H3,(H2,19,20,23). The van der Waals surface area contributed by atoms with Gasteiger partial charge in [-0.15, -0.1) is 0 Å². The van der Waals surface area contributed by atoms with E-state index in [0.29, 0.717) is 27.3 Å². The van der Waals surface area contributed by atoms with Crippen molar-refractivity contribution in [3.05, 3.63) is 46.5 Å². The van der Waals surface area contributed by atoms with Gasteiger partial charge in [-0.05, 0) is 43.3 Å². The van der Waals surface area contributed by atoms with E-state index in [4.69, 9.17) is 33.3 Å². The van der Waals surface area contributed by atoms with Crippen molar-refractivity contribution in [1.29, 1.82) is 0 Å². The molecule has 6 heteroatoms. The van der Waals surface area contributed by atoms with Crippen molar-refractivity contribution in [2.75, 3.05) is 24.9 Å². The van der Waals surface area contributed by atoms with Crippen LogP contribution in [0.2, 0.25) is 5.02 Å². The van der Waals surface area contributed by atoms with Gasteiger partial charge in [0.2, 0.25) is 0 Å². The van der Waals surface area contributed by atoms with Crippen LogP contribution >= 0.6 is 23.8 Å². The molecule has 0 saturated heterocycles. The molecule has 23 heavy (non-hydrogen) atoms. The highest BCUT2D eigenvalue weighted by Crippen LogP contribution is 2.36. The number of ether oxygens (including phenoxy) is 2. The lowest BCUT2D eigenvalue weighted by Gasteiger charge is -2.16. The third-order valence-corrected chi connectivity index (χ3v) is 4.07. The van der Waals surface area contributed by atoms with E-state index in [0.717, 1.165) is 11.3 Å². The first-order valence-corrected chi connectivity index (χ1v) is 7.80. The van der Waals surface area contributed by atoms with Crippen LogP contribution in [0.3, 0.4) is 0 Å². The van der Waals surface area contributed by atoms with Gasteiger partial charge < -0.3 is 20.1 Å². The summed E-state index contributed by atoms with van der Waals surface area (Å²) in [6.07, 6.45) is 0. The Balaban J connectivity index is 2.21. The fourth-order valence-corrected chi connectivity index (χ4v) is 2.57. The van der Waals surface area contributed by atoms with Crippen molar-refractivity contribution in [2.45, 2.75) is 13.8 Å². The molecule has 0 saturated carbocycles. The van der Waals surface area contributed by atoms with Crippen LogP contribution in [0, 0.1) is 13.8 Å². The molecule has 122 valence electrons. The van der Waals surface area contributed by atoms with E-state index in [-0.39, 0.29) is 0 Å². The van der Waals surface area contributed by atoms with E-state index in [2.05, 4.69) is 23.6 Å². The van der Waals surface area contributed by atoms with Crippen LogP contribution < -0.4 is 20.1 Å². The first kappa shape index (κ1) is 17.4. The minimum absolute atomic E-state index is 0.460. The molecule has 0 aliphatic rings. The van der Waals surface area contributed by atoms with Gasteiger partial charge in [0, 0.05) is 17.8 Å². The monoisotopic (exact) mass is 350 g/mol. The second-order valence-corrected chi connectivity index (χ2v) is 5.83. The van der Waals surface area contributed by atoms with Gasteiger partial charge in [0.15, 0.2) is 5.11 Å². The summed E-state index contributed by atoms with van der Waals surface area (Å²) in [5, 5.41) is 7.24. The lowest BCUT2D eigenvalue weighted by atomic mass is 10.1. The number of hydrogen-bond donors (Lipinski definition) is 2. The fourth-order valence-electron chi connectivity index (χ4n) is 2.12. The molecule has 0 bridgehead atoms. The summed E-state index contributed by atoms with van der Waals surface area (Å²) in [7, 11) is 3.13. The number of aryl methyl sites for hydroxylation is 1. The molecule has 0 radical (unpaired) electrons. The molecule has 2 N–H and O–H groups in total. The van der Waals surface area contributed by atoms with E-state index in [1.54, 1.807) is 26.4 Å². The predicted molar refractivity (Wildman–Crippen MR) is 100 cm³/mol. The molecule has 4 nitrogen and oxygen atoms in total. The topological polar surface area (TPSA) is 42.5 Å². The van der Waals surface area contributed by atoms with Crippen molar-refractivity contribution >= 4 is 40.3 Å². The van der Waals surface area contributed by atoms with Crippen molar-refractivity contribution in [3.63, 3.8) is 0 Å². The predicted octanol–water partition coefficient (Wildman–Crippen LogP) is 4.78. The number of thiocarbonyl (C=S) groups is 1. The zero-order chi connectivity index (χ0) is 17.0. The SMILES string of the molecule is COc1cc(NC(=S)Nc2cccc(C)c2C)c(OC)cc1Cl. The summed E-state index contributed by atoms with van der Waals surface area (Å²) in [6.45, 7) is 4.11. The van der Waals surface area contributed by atoms with Gasteiger partial charge in [-0.25, -0.2) is 0 Å². The molecule has 0 aliphatic carbocycles. The number of nitrogens with one attached hydrogen (secondary N) is 2. The van der Waals surface area contributed by atoms with Crippen molar-refractivity contribution < 1.29 is 9.47 Å². The molecule has 0 spiro atoms. The van der Waals surface area contributed by atoms with E-state index >= 15 is 0 Å². The molecular weight excluding hydrogens is 332 g/mol. The summed E-state index contributed by atoms with van der Waals surface area (Å²) in [4.78, 5) is 0. The Morgan fingerprint density at radius 2 is 1.65 bits per heavy atom. The molecule has 2 aromatic rings. The highest BCUT2D eigenvalue weighted by Gasteiger charge is 2.11. The third kappa shape index (κ3) is 4.06. The average Bonchev–Trinajstić information content (AvgIpc) is 2.53. The van der Waals surface area contributed by atoms with Crippen LogP contribution in [0.15, 0.2) is 30.3 Å². The minimum atomic E-state index is 0.460. The zero-order valence-electron chi connectivity index (χ0n) is 13.5. The Bertz CT molecular complexity index is 735. The molecule has 0 aromatic heterocycles. The Labute approximate surface area is 146 Å². The van der Waals surface area contributed by atoms with Crippen molar-refractivity contribution in [1.82, 2.24) is 0 Å². The van der Waals surface area contributed by atoms with Gasteiger partial charge in [-0.1, -0.05) is 23.7 Å². The molecule has 2 aromatic carbocycles. The highest BCUT2D eigenvalue weighted by atomic mass is 35.5. The van der Waals surface area contributed by atoms with Gasteiger partial charge >= 0.3 is 0 Å². The summed E-state index contributed by atoms with van der Waals surface area (Å²) in [5.74, 6) is 1.13. The average molecular weight is 351 g/mol. The molecule has 2 rings (SSSR count). The maximum atomic E-state index is 6.10. The number of benzene rings is 2. The van der Waals surface area contributed by atoms with E-state index in [9.17, 15) is 0 Å². The second-order valence-electron chi connectivity index (χ2n) is 5.01. The first-order valence-electron chi connectivity index (χ1n) is 7.02. The first-order chi connectivity index (χ1) is 11.0. The van der Waals surface area contributed by atoms with Gasteiger partial charge in [0.25, 0.3) is 0 Å². The Morgan fingerprint density at radius 3 is 2.30 bits per heavy atom.